The van der Waals surface area contributed by atoms with Crippen molar-refractivity contribution in [3.05, 3.63) is 41.0 Å². The Balaban J connectivity index is 1.69. The molecule has 6 heteroatoms. The minimum absolute atomic E-state index is 0.232. The molecule has 3 rings (SSSR count). The molecule has 1 aromatic carbocycles. The number of halogens is 1. The van der Waals surface area contributed by atoms with Crippen LogP contribution in [0.15, 0.2) is 30.5 Å². The van der Waals surface area contributed by atoms with Crippen LogP contribution in [0.25, 0.3) is 10.9 Å². The molecule has 0 aliphatic carbocycles. The van der Waals surface area contributed by atoms with E-state index in [-0.39, 0.29) is 6.09 Å². The van der Waals surface area contributed by atoms with Gasteiger partial charge in [-0.3, -0.25) is 9.88 Å². The number of carbonyl (C=O) groups is 1. The van der Waals surface area contributed by atoms with Crippen LogP contribution in [0.1, 0.15) is 32.8 Å². The highest BCUT2D eigenvalue weighted by molar-refractivity contribution is 6.32. The summed E-state index contributed by atoms with van der Waals surface area (Å²) in [6, 6.07) is 7.92. The zero-order valence-electron chi connectivity index (χ0n) is 15.7. The quantitative estimate of drug-likeness (QED) is 0.783. The Morgan fingerprint density at radius 1 is 1.19 bits per heavy atom. The van der Waals surface area contributed by atoms with Gasteiger partial charge in [-0.25, -0.2) is 4.79 Å². The van der Waals surface area contributed by atoms with Gasteiger partial charge in [-0.05, 0) is 39.3 Å². The second-order valence-electron chi connectivity index (χ2n) is 7.70. The van der Waals surface area contributed by atoms with Gasteiger partial charge in [-0.1, -0.05) is 23.7 Å². The fourth-order valence-corrected chi connectivity index (χ4v) is 3.41. The Morgan fingerprint density at radius 2 is 2.00 bits per heavy atom. The Bertz CT molecular complexity index is 788. The minimum Gasteiger partial charge on any atom is -0.444 e. The Hall–Kier alpha value is -1.85. The van der Waals surface area contributed by atoms with Crippen molar-refractivity contribution >= 4 is 28.6 Å². The maximum atomic E-state index is 12.3. The lowest BCUT2D eigenvalue weighted by Crippen LogP contribution is -2.39. The smallest absolute Gasteiger partial charge is 0.410 e. The lowest BCUT2D eigenvalue weighted by Gasteiger charge is -2.26. The fourth-order valence-electron chi connectivity index (χ4n) is 3.19. The van der Waals surface area contributed by atoms with E-state index in [1.165, 1.54) is 0 Å². The summed E-state index contributed by atoms with van der Waals surface area (Å²) in [6.07, 6.45) is 2.48. The van der Waals surface area contributed by atoms with Crippen LogP contribution >= 0.6 is 11.6 Å². The van der Waals surface area contributed by atoms with Crippen LogP contribution in [0.3, 0.4) is 0 Å². The number of ether oxygens (including phenoxy) is 1. The first-order valence-electron chi connectivity index (χ1n) is 9.06. The molecular weight excluding hydrogens is 350 g/mol. The average molecular weight is 376 g/mol. The highest BCUT2D eigenvalue weighted by atomic mass is 35.5. The third-order valence-electron chi connectivity index (χ3n) is 4.44. The van der Waals surface area contributed by atoms with E-state index in [1.54, 1.807) is 11.1 Å². The highest BCUT2D eigenvalue weighted by Gasteiger charge is 2.25. The molecule has 1 amide bonds. The first-order valence-corrected chi connectivity index (χ1v) is 9.44. The van der Waals surface area contributed by atoms with E-state index < -0.39 is 5.60 Å². The Labute approximate surface area is 159 Å². The summed E-state index contributed by atoms with van der Waals surface area (Å²) in [4.78, 5) is 21.0. The van der Waals surface area contributed by atoms with Gasteiger partial charge in [-0.2, -0.15) is 0 Å². The molecule has 1 aromatic heterocycles. The van der Waals surface area contributed by atoms with E-state index in [1.807, 2.05) is 39.0 Å². The summed E-state index contributed by atoms with van der Waals surface area (Å²) >= 11 is 6.46. The molecule has 0 bridgehead atoms. The van der Waals surface area contributed by atoms with E-state index >= 15 is 0 Å². The number of aromatic nitrogens is 1. The summed E-state index contributed by atoms with van der Waals surface area (Å²) in [5, 5.41) is 1.83. The number of amides is 1. The molecule has 0 unspecified atom stereocenters. The molecule has 0 N–H and O–H groups in total. The SMILES string of the molecule is CC(C)(C)OC(=O)N1CCCN(Cc2c(Cl)ccc3cccnc23)CC1. The van der Waals surface area contributed by atoms with Crippen LogP contribution in [0.2, 0.25) is 5.02 Å². The van der Waals surface area contributed by atoms with Crippen LogP contribution in [0.4, 0.5) is 4.79 Å². The monoisotopic (exact) mass is 375 g/mol. The highest BCUT2D eigenvalue weighted by Crippen LogP contribution is 2.26. The van der Waals surface area contributed by atoms with Crippen molar-refractivity contribution in [2.75, 3.05) is 26.2 Å². The number of hydrogen-bond donors (Lipinski definition) is 0. The molecule has 5 nitrogen and oxygen atoms in total. The summed E-state index contributed by atoms with van der Waals surface area (Å²) in [6.45, 7) is 9.49. The predicted molar refractivity (Wildman–Crippen MR) is 104 cm³/mol. The maximum Gasteiger partial charge on any atom is 0.410 e. The summed E-state index contributed by atoms with van der Waals surface area (Å²) in [5.41, 5.74) is 1.54. The topological polar surface area (TPSA) is 45.7 Å². The number of pyridine rings is 1. The second kappa shape index (κ2) is 7.80. The van der Waals surface area contributed by atoms with Crippen LogP contribution in [-0.2, 0) is 11.3 Å². The lowest BCUT2D eigenvalue weighted by molar-refractivity contribution is 0.0257. The molecule has 1 saturated heterocycles. The zero-order valence-corrected chi connectivity index (χ0v) is 16.4. The molecule has 1 fully saturated rings. The third kappa shape index (κ3) is 4.65. The molecule has 1 aliphatic heterocycles. The van der Waals surface area contributed by atoms with E-state index in [0.717, 1.165) is 47.5 Å². The summed E-state index contributed by atoms with van der Waals surface area (Å²) < 4.78 is 5.50. The first kappa shape index (κ1) is 18.9. The van der Waals surface area contributed by atoms with Gasteiger partial charge < -0.3 is 9.64 Å². The van der Waals surface area contributed by atoms with Crippen molar-refractivity contribution in [1.29, 1.82) is 0 Å². The maximum absolute atomic E-state index is 12.3. The molecule has 0 saturated carbocycles. The molecule has 0 radical (unpaired) electrons. The van der Waals surface area contributed by atoms with Crippen molar-refractivity contribution in [1.82, 2.24) is 14.8 Å². The van der Waals surface area contributed by atoms with Gasteiger partial charge in [0.1, 0.15) is 5.60 Å². The van der Waals surface area contributed by atoms with E-state index in [2.05, 4.69) is 16.0 Å². The van der Waals surface area contributed by atoms with Crippen molar-refractivity contribution in [3.8, 4) is 0 Å². The molecule has 140 valence electrons. The van der Waals surface area contributed by atoms with Crippen LogP contribution in [0.5, 0.6) is 0 Å². The van der Waals surface area contributed by atoms with Crippen molar-refractivity contribution in [2.24, 2.45) is 0 Å². The molecular formula is C20H26ClN3O2. The average Bonchev–Trinajstić information content (AvgIpc) is 2.82. The van der Waals surface area contributed by atoms with E-state index in [9.17, 15) is 4.79 Å². The number of fused-ring (bicyclic) bond motifs is 1. The van der Waals surface area contributed by atoms with Crippen molar-refractivity contribution < 1.29 is 9.53 Å². The van der Waals surface area contributed by atoms with Gasteiger partial charge in [-0.15, -0.1) is 0 Å². The zero-order chi connectivity index (χ0) is 18.7. The number of benzene rings is 1. The lowest BCUT2D eigenvalue weighted by atomic mass is 10.1. The van der Waals surface area contributed by atoms with Crippen LogP contribution < -0.4 is 0 Å². The standard InChI is InChI=1S/C20H26ClN3O2/c1-20(2,3)26-19(25)24-11-5-10-23(12-13-24)14-16-17(21)8-7-15-6-4-9-22-18(15)16/h4,6-9H,5,10-14H2,1-3H3. The second-order valence-corrected chi connectivity index (χ2v) is 8.11. The van der Waals surface area contributed by atoms with Crippen molar-refractivity contribution in [2.45, 2.75) is 39.3 Å². The normalized spacial score (nSPS) is 16.5. The van der Waals surface area contributed by atoms with Gasteiger partial charge in [0, 0.05) is 54.9 Å². The van der Waals surface area contributed by atoms with Gasteiger partial charge >= 0.3 is 6.09 Å². The van der Waals surface area contributed by atoms with Gasteiger partial charge in [0.2, 0.25) is 0 Å². The van der Waals surface area contributed by atoms with Gasteiger partial charge in [0.15, 0.2) is 0 Å². The van der Waals surface area contributed by atoms with E-state index in [0.29, 0.717) is 13.1 Å². The van der Waals surface area contributed by atoms with Crippen LogP contribution in [-0.4, -0.2) is 52.7 Å². The number of hydrogen-bond acceptors (Lipinski definition) is 4. The fraction of sp³-hybridized carbons (Fsp3) is 0.500. The molecule has 2 aromatic rings. The Morgan fingerprint density at radius 3 is 2.77 bits per heavy atom. The van der Waals surface area contributed by atoms with Crippen molar-refractivity contribution in [3.63, 3.8) is 0 Å². The number of nitrogens with zero attached hydrogens (tertiary/aromatic N) is 3. The first-order chi connectivity index (χ1) is 12.3. The van der Waals surface area contributed by atoms with Gasteiger partial charge in [0.05, 0.1) is 5.52 Å². The van der Waals surface area contributed by atoms with E-state index in [4.69, 9.17) is 16.3 Å². The summed E-state index contributed by atoms with van der Waals surface area (Å²) in [7, 11) is 0. The molecule has 1 aliphatic rings. The van der Waals surface area contributed by atoms with Gasteiger partial charge in [0.25, 0.3) is 0 Å². The third-order valence-corrected chi connectivity index (χ3v) is 4.80. The molecule has 0 spiro atoms. The minimum atomic E-state index is -0.467. The Kier molecular flexibility index (Phi) is 5.68. The number of carbonyl (C=O) groups excluding carboxylic acids is 1. The van der Waals surface area contributed by atoms with Crippen LogP contribution in [0, 0.1) is 0 Å². The molecule has 0 atom stereocenters. The summed E-state index contributed by atoms with van der Waals surface area (Å²) in [5.74, 6) is 0. The number of rotatable bonds is 2. The largest absolute Gasteiger partial charge is 0.444 e. The molecule has 26 heavy (non-hydrogen) atoms. The molecule has 2 heterocycles. The predicted octanol–water partition coefficient (Wildman–Crippen LogP) is 4.33.